The van der Waals surface area contributed by atoms with E-state index in [-0.39, 0.29) is 31.9 Å². The molecule has 0 N–H and O–H groups in total. The van der Waals surface area contributed by atoms with E-state index in [1.807, 2.05) is 30.5 Å². The molecule has 0 unspecified atom stereocenters. The van der Waals surface area contributed by atoms with Crippen LogP contribution >= 0.6 is 0 Å². The fourth-order valence-electron chi connectivity index (χ4n) is 6.86. The summed E-state index contributed by atoms with van der Waals surface area (Å²) >= 11 is 0. The summed E-state index contributed by atoms with van der Waals surface area (Å²) in [5, 5.41) is 0. The first-order chi connectivity index (χ1) is 23.9. The first-order valence-corrected chi connectivity index (χ1v) is 17.3. The average Bonchev–Trinajstić information content (AvgIpc) is 3.45. The molecular weight excluding hydrogens is 806 g/mol. The zero-order chi connectivity index (χ0) is 35.1. The van der Waals surface area contributed by atoms with Gasteiger partial charge in [-0.1, -0.05) is 108 Å². The molecule has 0 bridgehead atoms. The number of rotatable bonds is 7. The Bertz CT molecular complexity index is 2080. The Morgan fingerprint density at radius 1 is 0.588 bits per heavy atom. The van der Waals surface area contributed by atoms with Crippen LogP contribution in [0.15, 0.2) is 134 Å². The number of pyridine rings is 1. The predicted molar refractivity (Wildman–Crippen MR) is 205 cm³/mol. The van der Waals surface area contributed by atoms with Crippen LogP contribution in [0.3, 0.4) is 0 Å². The van der Waals surface area contributed by atoms with E-state index in [9.17, 15) is 0 Å². The van der Waals surface area contributed by atoms with E-state index in [2.05, 4.69) is 185 Å². The number of nitrogens with zero attached hydrogens (tertiary/aromatic N) is 3. The minimum Gasteiger partial charge on any atom is -0.504 e. The SMILES string of the molecule is CN1[CH-]N(c2[c-]c(C(c3[c-]c(Oc4cc(C(C)(C)C)ccn4)ccc3)(c3ccccc3)c3ccccc3)ccc2)c2ccc(C(C)(C)C)cc21.[Pt]. The zero-order valence-electron chi connectivity index (χ0n) is 30.3. The fraction of sp³-hybridized carbons (Fsp3) is 0.217. The summed E-state index contributed by atoms with van der Waals surface area (Å²) in [5.41, 5.74) is 9.18. The molecule has 1 aliphatic rings. The van der Waals surface area contributed by atoms with Crippen LogP contribution in [0.1, 0.15) is 74.9 Å². The van der Waals surface area contributed by atoms with E-state index >= 15 is 0 Å². The molecule has 0 amide bonds. The molecule has 1 aromatic heterocycles. The molecule has 0 fully saturated rings. The van der Waals surface area contributed by atoms with Crippen molar-refractivity contribution in [3.8, 4) is 11.6 Å². The molecule has 0 aliphatic carbocycles. The molecular formula is C46H44N3OPt-3. The number of ether oxygens (including phenoxy) is 1. The van der Waals surface area contributed by atoms with Crippen LogP contribution in [-0.2, 0) is 37.3 Å². The number of anilines is 3. The van der Waals surface area contributed by atoms with Gasteiger partial charge in [-0.15, -0.1) is 28.9 Å². The fourth-order valence-corrected chi connectivity index (χ4v) is 6.86. The predicted octanol–water partition coefficient (Wildman–Crippen LogP) is 11.2. The second-order valence-electron chi connectivity index (χ2n) is 15.1. The molecule has 0 saturated heterocycles. The maximum absolute atomic E-state index is 6.45. The van der Waals surface area contributed by atoms with Crippen LogP contribution in [0.25, 0.3) is 0 Å². The number of hydrogen-bond donors (Lipinski definition) is 0. The third kappa shape index (κ3) is 6.99. The molecule has 5 aromatic carbocycles. The summed E-state index contributed by atoms with van der Waals surface area (Å²) in [6.07, 6.45) is 1.81. The minimum atomic E-state index is -0.761. The van der Waals surface area contributed by atoms with Gasteiger partial charge in [0.2, 0.25) is 5.88 Å². The summed E-state index contributed by atoms with van der Waals surface area (Å²) in [6, 6.07) is 52.4. The van der Waals surface area contributed by atoms with Crippen LogP contribution in [0.4, 0.5) is 17.1 Å². The van der Waals surface area contributed by atoms with Crippen LogP contribution in [0, 0.1) is 18.8 Å². The van der Waals surface area contributed by atoms with Gasteiger partial charge in [0.1, 0.15) is 0 Å². The normalized spacial score (nSPS) is 13.1. The molecule has 2 heterocycles. The Hall–Kier alpha value is -4.66. The van der Waals surface area contributed by atoms with Crippen molar-refractivity contribution in [3.63, 3.8) is 0 Å². The van der Waals surface area contributed by atoms with E-state index in [1.165, 1.54) is 11.3 Å². The molecule has 4 nitrogen and oxygen atoms in total. The van der Waals surface area contributed by atoms with Crippen molar-refractivity contribution in [1.29, 1.82) is 0 Å². The van der Waals surface area contributed by atoms with Crippen molar-refractivity contribution in [1.82, 2.24) is 4.98 Å². The number of aromatic nitrogens is 1. The van der Waals surface area contributed by atoms with Gasteiger partial charge in [-0.25, -0.2) is 4.98 Å². The van der Waals surface area contributed by atoms with E-state index in [0.29, 0.717) is 11.6 Å². The molecule has 0 spiro atoms. The van der Waals surface area contributed by atoms with E-state index in [4.69, 9.17) is 4.74 Å². The van der Waals surface area contributed by atoms with Crippen molar-refractivity contribution in [2.24, 2.45) is 0 Å². The molecule has 7 rings (SSSR count). The molecule has 5 heteroatoms. The summed E-state index contributed by atoms with van der Waals surface area (Å²) in [5.74, 6) is 1.15. The summed E-state index contributed by atoms with van der Waals surface area (Å²) in [6.45, 7) is 15.5. The minimum absolute atomic E-state index is 0. The average molecular weight is 850 g/mol. The molecule has 262 valence electrons. The monoisotopic (exact) mass is 849 g/mol. The summed E-state index contributed by atoms with van der Waals surface area (Å²) < 4.78 is 6.45. The zero-order valence-corrected chi connectivity index (χ0v) is 32.6. The van der Waals surface area contributed by atoms with Crippen LogP contribution in [0.2, 0.25) is 0 Å². The standard InChI is InChI=1S/C46H44N3O.Pt/c1-44(2,3)35-24-25-41-42(30-35)48(7)32-49(41)39-22-14-20-37(28-39)46(33-16-10-8-11-17-33,34-18-12-9-13-19-34)38-21-15-23-40(29-38)50-43-31-36(26-27-47-43)45(4,5)6;/h8-27,30-32H,1-7H3;/q-3;. The van der Waals surface area contributed by atoms with Crippen molar-refractivity contribution in [2.45, 2.75) is 57.8 Å². The van der Waals surface area contributed by atoms with Gasteiger partial charge in [0.25, 0.3) is 0 Å². The van der Waals surface area contributed by atoms with Gasteiger partial charge in [0.15, 0.2) is 0 Å². The van der Waals surface area contributed by atoms with Crippen molar-refractivity contribution >= 4 is 17.1 Å². The first-order valence-electron chi connectivity index (χ1n) is 17.3. The Morgan fingerprint density at radius 2 is 1.18 bits per heavy atom. The van der Waals surface area contributed by atoms with Gasteiger partial charge in [-0.3, -0.25) is 0 Å². The topological polar surface area (TPSA) is 28.6 Å². The third-order valence-corrected chi connectivity index (χ3v) is 9.61. The quantitative estimate of drug-likeness (QED) is 0.118. The van der Waals surface area contributed by atoms with Crippen LogP contribution in [0.5, 0.6) is 11.6 Å². The Balaban J connectivity index is 0.00000448. The van der Waals surface area contributed by atoms with Crippen molar-refractivity contribution < 1.29 is 25.8 Å². The molecule has 51 heavy (non-hydrogen) atoms. The van der Waals surface area contributed by atoms with Crippen molar-refractivity contribution in [2.75, 3.05) is 16.8 Å². The van der Waals surface area contributed by atoms with Gasteiger partial charge in [0, 0.05) is 55.9 Å². The van der Waals surface area contributed by atoms with Crippen LogP contribution in [-0.4, -0.2) is 12.0 Å². The Morgan fingerprint density at radius 3 is 1.80 bits per heavy atom. The Kier molecular flexibility index (Phi) is 10.0. The van der Waals surface area contributed by atoms with Crippen LogP contribution < -0.4 is 14.5 Å². The number of benzene rings is 5. The maximum Gasteiger partial charge on any atom is 0.216 e. The second kappa shape index (κ2) is 14.2. The third-order valence-electron chi connectivity index (χ3n) is 9.61. The Labute approximate surface area is 318 Å². The summed E-state index contributed by atoms with van der Waals surface area (Å²) in [4.78, 5) is 8.99. The molecule has 0 radical (unpaired) electrons. The molecule has 0 saturated carbocycles. The van der Waals surface area contributed by atoms with Gasteiger partial charge in [-0.2, -0.15) is 43.1 Å². The van der Waals surface area contributed by atoms with Gasteiger partial charge in [0.05, 0.1) is 0 Å². The number of fused-ring (bicyclic) bond motifs is 1. The number of hydrogen-bond acceptors (Lipinski definition) is 4. The van der Waals surface area contributed by atoms with Crippen molar-refractivity contribution in [3.05, 3.63) is 186 Å². The summed E-state index contributed by atoms with van der Waals surface area (Å²) in [7, 11) is 2.11. The van der Waals surface area contributed by atoms with Gasteiger partial charge in [-0.05, 0) is 58.3 Å². The largest absolute Gasteiger partial charge is 0.504 e. The van der Waals surface area contributed by atoms with E-state index < -0.39 is 5.41 Å². The van der Waals surface area contributed by atoms with E-state index in [1.54, 1.807) is 0 Å². The van der Waals surface area contributed by atoms with Gasteiger partial charge >= 0.3 is 0 Å². The molecule has 0 atom stereocenters. The second-order valence-corrected chi connectivity index (χ2v) is 15.1. The van der Waals surface area contributed by atoms with E-state index in [0.717, 1.165) is 39.2 Å². The smallest absolute Gasteiger partial charge is 0.216 e. The molecule has 1 aliphatic heterocycles. The maximum atomic E-state index is 6.45. The molecule has 6 aromatic rings. The van der Waals surface area contributed by atoms with Gasteiger partial charge < -0.3 is 14.5 Å². The first kappa shape index (κ1) is 36.1.